The summed E-state index contributed by atoms with van der Waals surface area (Å²) in [7, 11) is 1.31. The number of anilines is 1. The van der Waals surface area contributed by atoms with Crippen LogP contribution in [-0.4, -0.2) is 32.4 Å². The highest BCUT2D eigenvalue weighted by Crippen LogP contribution is 2.25. The Morgan fingerprint density at radius 3 is 2.67 bits per heavy atom. The molecule has 18 heavy (non-hydrogen) atoms. The van der Waals surface area contributed by atoms with E-state index in [4.69, 9.17) is 15.2 Å². The summed E-state index contributed by atoms with van der Waals surface area (Å²) in [6.45, 7) is 4.75. The molecule has 0 aliphatic rings. The van der Waals surface area contributed by atoms with Gasteiger partial charge in [0.25, 0.3) is 0 Å². The quantitative estimate of drug-likeness (QED) is 0.476. The monoisotopic (exact) mass is 253 g/mol. The molecule has 0 aliphatic carbocycles. The lowest BCUT2D eigenvalue weighted by atomic mass is 10.1. The van der Waals surface area contributed by atoms with Gasteiger partial charge >= 0.3 is 5.97 Å². The minimum atomic E-state index is -0.476. The maximum Gasteiger partial charge on any atom is 0.340 e. The second kappa shape index (κ2) is 6.86. The van der Waals surface area contributed by atoms with E-state index in [1.165, 1.54) is 7.11 Å². The molecule has 0 radical (unpaired) electrons. The summed E-state index contributed by atoms with van der Waals surface area (Å²) in [5.41, 5.74) is 6.43. The first-order valence-corrected chi connectivity index (χ1v) is 5.77. The maximum atomic E-state index is 11.4. The predicted octanol–water partition coefficient (Wildman–Crippen LogP) is 1.86. The van der Waals surface area contributed by atoms with Gasteiger partial charge in [-0.1, -0.05) is 6.07 Å². The number of nitrogen functional groups attached to an aromatic ring is 1. The molecule has 0 atom stereocenters. The van der Waals surface area contributed by atoms with Gasteiger partial charge in [-0.3, -0.25) is 0 Å². The maximum absolute atomic E-state index is 11.4. The number of carbonyl (C=O) groups is 1. The van der Waals surface area contributed by atoms with E-state index in [-0.39, 0.29) is 11.8 Å². The summed E-state index contributed by atoms with van der Waals surface area (Å²) >= 11 is 0. The molecule has 1 rings (SSSR count). The van der Waals surface area contributed by atoms with Crippen molar-refractivity contribution in [2.75, 3.05) is 26.1 Å². The first kappa shape index (κ1) is 14.3. The Balaban J connectivity index is 2.64. The van der Waals surface area contributed by atoms with Crippen LogP contribution in [0, 0.1) is 0 Å². The van der Waals surface area contributed by atoms with Gasteiger partial charge in [-0.05, 0) is 26.0 Å². The Bertz CT molecular complexity index is 404. The number of nitrogens with two attached hydrogens (primary N) is 1. The van der Waals surface area contributed by atoms with Crippen LogP contribution in [0.15, 0.2) is 18.2 Å². The van der Waals surface area contributed by atoms with Gasteiger partial charge in [0.2, 0.25) is 0 Å². The summed E-state index contributed by atoms with van der Waals surface area (Å²) in [5.74, 6) is -0.0124. The molecular formula is C13H19NO4. The van der Waals surface area contributed by atoms with E-state index in [0.29, 0.717) is 24.5 Å². The average Bonchev–Trinajstić information content (AvgIpc) is 2.35. The van der Waals surface area contributed by atoms with Gasteiger partial charge in [0.15, 0.2) is 0 Å². The lowest BCUT2D eigenvalue weighted by Crippen LogP contribution is -2.13. The second-order valence-corrected chi connectivity index (χ2v) is 3.98. The average molecular weight is 253 g/mol. The summed E-state index contributed by atoms with van der Waals surface area (Å²) < 4.78 is 15.4. The number of esters is 1. The van der Waals surface area contributed by atoms with Crippen LogP contribution >= 0.6 is 0 Å². The van der Waals surface area contributed by atoms with E-state index >= 15 is 0 Å². The number of methoxy groups -OCH3 is 1. The third kappa shape index (κ3) is 3.92. The highest BCUT2D eigenvalue weighted by atomic mass is 16.5. The van der Waals surface area contributed by atoms with Gasteiger partial charge in [-0.25, -0.2) is 4.79 Å². The molecule has 0 bridgehead atoms. The first-order valence-electron chi connectivity index (χ1n) is 5.77. The molecule has 5 heteroatoms. The van der Waals surface area contributed by atoms with E-state index in [1.807, 2.05) is 13.8 Å². The van der Waals surface area contributed by atoms with Gasteiger partial charge < -0.3 is 19.9 Å². The Kier molecular flexibility index (Phi) is 5.45. The molecule has 100 valence electrons. The molecule has 0 saturated carbocycles. The van der Waals surface area contributed by atoms with Gasteiger partial charge in [0, 0.05) is 0 Å². The van der Waals surface area contributed by atoms with Crippen molar-refractivity contribution < 1.29 is 19.0 Å². The van der Waals surface area contributed by atoms with Crippen LogP contribution in [0.3, 0.4) is 0 Å². The number of carbonyl (C=O) groups excluding carboxylic acids is 1. The number of ether oxygens (including phenoxy) is 3. The lowest BCUT2D eigenvalue weighted by Gasteiger charge is -2.12. The molecular weight excluding hydrogens is 234 g/mol. The number of benzene rings is 1. The minimum absolute atomic E-state index is 0.160. The van der Waals surface area contributed by atoms with Gasteiger partial charge in [-0.15, -0.1) is 0 Å². The zero-order valence-corrected chi connectivity index (χ0v) is 10.9. The van der Waals surface area contributed by atoms with Gasteiger partial charge in [-0.2, -0.15) is 0 Å². The summed E-state index contributed by atoms with van der Waals surface area (Å²) in [4.78, 5) is 11.4. The highest BCUT2D eigenvalue weighted by molar-refractivity contribution is 5.96. The minimum Gasteiger partial charge on any atom is -0.489 e. The van der Waals surface area contributed by atoms with Crippen LogP contribution in [0.1, 0.15) is 24.2 Å². The molecule has 0 amide bonds. The Hall–Kier alpha value is -1.75. The fourth-order valence-electron chi connectivity index (χ4n) is 1.39. The van der Waals surface area contributed by atoms with Crippen molar-refractivity contribution in [1.29, 1.82) is 0 Å². The summed E-state index contributed by atoms with van der Waals surface area (Å²) in [6, 6.07) is 5.00. The molecule has 0 heterocycles. The fraction of sp³-hybridized carbons (Fsp3) is 0.462. The molecule has 1 aromatic rings. The van der Waals surface area contributed by atoms with E-state index in [0.717, 1.165) is 0 Å². The molecule has 0 aliphatic heterocycles. The van der Waals surface area contributed by atoms with Crippen LogP contribution < -0.4 is 10.5 Å². The number of hydrogen-bond donors (Lipinski definition) is 1. The lowest BCUT2D eigenvalue weighted by molar-refractivity contribution is 0.0553. The van der Waals surface area contributed by atoms with Crippen LogP contribution in [0.4, 0.5) is 5.69 Å². The number of para-hydroxylation sites is 1. The Morgan fingerprint density at radius 1 is 1.33 bits per heavy atom. The van der Waals surface area contributed by atoms with E-state index < -0.39 is 5.97 Å². The standard InChI is InChI=1S/C13H19NO4/c1-9(2)17-7-8-18-11-6-4-5-10(12(11)14)13(15)16-3/h4-6,9H,7-8,14H2,1-3H3. The Morgan fingerprint density at radius 2 is 2.06 bits per heavy atom. The van der Waals surface area contributed by atoms with Crippen LogP contribution in [0.2, 0.25) is 0 Å². The fourth-order valence-corrected chi connectivity index (χ4v) is 1.39. The third-order valence-electron chi connectivity index (χ3n) is 2.26. The van der Waals surface area contributed by atoms with Crippen molar-refractivity contribution in [2.45, 2.75) is 20.0 Å². The molecule has 0 aromatic heterocycles. The number of rotatable bonds is 6. The van der Waals surface area contributed by atoms with Crippen molar-refractivity contribution in [2.24, 2.45) is 0 Å². The SMILES string of the molecule is COC(=O)c1cccc(OCCOC(C)C)c1N. The van der Waals surface area contributed by atoms with Crippen molar-refractivity contribution in [3.8, 4) is 5.75 Å². The normalized spacial score (nSPS) is 10.4. The highest BCUT2D eigenvalue weighted by Gasteiger charge is 2.13. The van der Waals surface area contributed by atoms with Gasteiger partial charge in [0.1, 0.15) is 12.4 Å². The summed E-state index contributed by atoms with van der Waals surface area (Å²) in [6.07, 6.45) is 0.160. The van der Waals surface area contributed by atoms with Gasteiger partial charge in [0.05, 0.1) is 31.1 Å². The molecule has 2 N–H and O–H groups in total. The third-order valence-corrected chi connectivity index (χ3v) is 2.26. The smallest absolute Gasteiger partial charge is 0.340 e. The first-order chi connectivity index (χ1) is 8.56. The number of hydrogen-bond acceptors (Lipinski definition) is 5. The van der Waals surface area contributed by atoms with E-state index in [2.05, 4.69) is 4.74 Å². The van der Waals surface area contributed by atoms with Crippen LogP contribution in [0.25, 0.3) is 0 Å². The molecule has 1 aromatic carbocycles. The van der Waals surface area contributed by atoms with Crippen molar-refractivity contribution in [3.63, 3.8) is 0 Å². The molecule has 5 nitrogen and oxygen atoms in total. The molecule has 0 unspecified atom stereocenters. The molecule has 0 fully saturated rings. The van der Waals surface area contributed by atoms with Crippen LogP contribution in [-0.2, 0) is 9.47 Å². The van der Waals surface area contributed by atoms with Crippen molar-refractivity contribution in [3.05, 3.63) is 23.8 Å². The molecule has 0 saturated heterocycles. The largest absolute Gasteiger partial charge is 0.489 e. The van der Waals surface area contributed by atoms with Crippen LogP contribution in [0.5, 0.6) is 5.75 Å². The van der Waals surface area contributed by atoms with Crippen molar-refractivity contribution >= 4 is 11.7 Å². The van der Waals surface area contributed by atoms with E-state index in [1.54, 1.807) is 18.2 Å². The zero-order valence-electron chi connectivity index (χ0n) is 10.9. The Labute approximate surface area is 107 Å². The topological polar surface area (TPSA) is 70.8 Å². The predicted molar refractivity (Wildman–Crippen MR) is 68.8 cm³/mol. The zero-order chi connectivity index (χ0) is 13.5. The molecule has 0 spiro atoms. The van der Waals surface area contributed by atoms with E-state index in [9.17, 15) is 4.79 Å². The van der Waals surface area contributed by atoms with Crippen molar-refractivity contribution in [1.82, 2.24) is 0 Å². The second-order valence-electron chi connectivity index (χ2n) is 3.98. The summed E-state index contributed by atoms with van der Waals surface area (Å²) in [5, 5.41) is 0.